The van der Waals surface area contributed by atoms with Gasteiger partial charge in [-0.05, 0) is 75.7 Å². The number of benzene rings is 7. The Morgan fingerprint density at radius 2 is 0.551 bits per heavy atom. The van der Waals surface area contributed by atoms with Gasteiger partial charge in [0.15, 0.2) is 17.5 Å². The number of aromatic nitrogens is 3. The molecule has 0 atom stereocenters. The lowest BCUT2D eigenvalue weighted by Crippen LogP contribution is -2.00. The van der Waals surface area contributed by atoms with E-state index in [4.69, 9.17) is 15.0 Å². The van der Waals surface area contributed by atoms with E-state index in [1.165, 1.54) is 27.8 Å². The fourth-order valence-corrected chi connectivity index (χ4v) is 6.14. The molecule has 0 spiro atoms. The number of rotatable bonds is 7. The second-order valence-corrected chi connectivity index (χ2v) is 12.2. The summed E-state index contributed by atoms with van der Waals surface area (Å²) in [6, 6.07) is 63.6. The number of hydrogen-bond acceptors (Lipinski definition) is 3. The maximum absolute atomic E-state index is 5.07. The van der Waals surface area contributed by atoms with Crippen LogP contribution in [-0.4, -0.2) is 15.0 Å². The second-order valence-electron chi connectivity index (χ2n) is 12.2. The lowest BCUT2D eigenvalue weighted by atomic mass is 9.93. The van der Waals surface area contributed by atoms with Gasteiger partial charge in [-0.25, -0.2) is 15.0 Å². The summed E-state index contributed by atoms with van der Waals surface area (Å²) in [5, 5.41) is 0. The molecule has 7 aromatic carbocycles. The highest BCUT2D eigenvalue weighted by atomic mass is 15.0. The molecular weight excluding hydrogens is 595 g/mol. The Morgan fingerprint density at radius 3 is 1.06 bits per heavy atom. The van der Waals surface area contributed by atoms with Crippen molar-refractivity contribution in [1.82, 2.24) is 15.0 Å². The first-order valence-corrected chi connectivity index (χ1v) is 16.5. The molecule has 0 aliphatic carbocycles. The summed E-state index contributed by atoms with van der Waals surface area (Å²) in [4.78, 5) is 15.1. The van der Waals surface area contributed by atoms with Crippen molar-refractivity contribution in [2.24, 2.45) is 0 Å². The summed E-state index contributed by atoms with van der Waals surface area (Å²) in [6.07, 6.45) is 0. The van der Waals surface area contributed by atoms with Crippen LogP contribution < -0.4 is 0 Å². The molecule has 0 fully saturated rings. The van der Waals surface area contributed by atoms with Gasteiger partial charge in [0.2, 0.25) is 0 Å². The quantitative estimate of drug-likeness (QED) is 0.176. The summed E-state index contributed by atoms with van der Waals surface area (Å²) >= 11 is 0. The van der Waals surface area contributed by atoms with Crippen molar-refractivity contribution in [2.75, 3.05) is 0 Å². The molecular formula is C46H33N3. The smallest absolute Gasteiger partial charge is 0.164 e. The van der Waals surface area contributed by atoms with E-state index < -0.39 is 0 Å². The third-order valence-electron chi connectivity index (χ3n) is 8.80. The largest absolute Gasteiger partial charge is 0.208 e. The van der Waals surface area contributed by atoms with Crippen molar-refractivity contribution in [1.29, 1.82) is 0 Å². The Balaban J connectivity index is 1.30. The lowest BCUT2D eigenvalue weighted by molar-refractivity contribution is 1.07. The fraction of sp³-hybridized carbons (Fsp3) is 0.0217. The topological polar surface area (TPSA) is 38.7 Å². The summed E-state index contributed by atoms with van der Waals surface area (Å²) in [5.74, 6) is 1.92. The van der Waals surface area contributed by atoms with Gasteiger partial charge in [0.25, 0.3) is 0 Å². The van der Waals surface area contributed by atoms with Crippen molar-refractivity contribution in [3.63, 3.8) is 0 Å². The van der Waals surface area contributed by atoms with Crippen LogP contribution in [0.5, 0.6) is 0 Å². The van der Waals surface area contributed by atoms with Crippen LogP contribution in [0.15, 0.2) is 182 Å². The number of nitrogens with zero attached hydrogens (tertiary/aromatic N) is 3. The van der Waals surface area contributed by atoms with Gasteiger partial charge in [-0.1, -0.05) is 163 Å². The number of aryl methyl sites for hydroxylation is 1. The Bertz CT molecular complexity index is 2290. The van der Waals surface area contributed by atoms with Gasteiger partial charge in [0.1, 0.15) is 0 Å². The van der Waals surface area contributed by atoms with Gasteiger partial charge in [-0.2, -0.15) is 0 Å². The second kappa shape index (κ2) is 13.3. The minimum atomic E-state index is 0.631. The van der Waals surface area contributed by atoms with Crippen LogP contribution in [-0.2, 0) is 0 Å². The van der Waals surface area contributed by atoms with E-state index in [0.29, 0.717) is 17.5 Å². The van der Waals surface area contributed by atoms with E-state index in [1.807, 2.05) is 60.7 Å². The van der Waals surface area contributed by atoms with Crippen LogP contribution in [0.3, 0.4) is 0 Å². The van der Waals surface area contributed by atoms with Crippen LogP contribution >= 0.6 is 0 Å². The zero-order valence-corrected chi connectivity index (χ0v) is 27.2. The SMILES string of the molecule is Cc1ccc(-c2ccc(-c3cc(-c4cccc(-c5ccccc5)c4)cc(-c4nc(-c5ccccc5)nc(-c5ccccc5)n4)c3)cc2)cc1. The van der Waals surface area contributed by atoms with Gasteiger partial charge in [-0.15, -0.1) is 0 Å². The molecule has 0 aliphatic rings. The molecule has 3 heteroatoms. The van der Waals surface area contributed by atoms with Crippen molar-refractivity contribution in [3.05, 3.63) is 188 Å². The van der Waals surface area contributed by atoms with Crippen molar-refractivity contribution < 1.29 is 0 Å². The Morgan fingerprint density at radius 1 is 0.245 bits per heavy atom. The summed E-state index contributed by atoms with van der Waals surface area (Å²) in [7, 11) is 0. The molecule has 1 aromatic heterocycles. The molecule has 0 radical (unpaired) electrons. The highest BCUT2D eigenvalue weighted by molar-refractivity contribution is 5.83. The Labute approximate surface area is 287 Å². The van der Waals surface area contributed by atoms with Gasteiger partial charge in [0, 0.05) is 16.7 Å². The standard InChI is InChI=1S/C46H33N3/c1-32-20-22-34(23-21-32)35-24-26-36(27-25-35)41-29-42(40-19-11-18-39(28-40)33-12-5-2-6-13-33)31-43(30-41)46-48-44(37-14-7-3-8-15-37)47-45(49-46)38-16-9-4-10-17-38/h2-31H,1H3. The average molecular weight is 628 g/mol. The first-order chi connectivity index (χ1) is 24.2. The van der Waals surface area contributed by atoms with Gasteiger partial charge < -0.3 is 0 Å². The molecule has 0 bridgehead atoms. The van der Waals surface area contributed by atoms with Crippen LogP contribution in [0.4, 0.5) is 0 Å². The molecule has 8 rings (SSSR count). The van der Waals surface area contributed by atoms with E-state index in [1.54, 1.807) is 0 Å². The number of hydrogen-bond donors (Lipinski definition) is 0. The normalized spacial score (nSPS) is 11.0. The molecule has 49 heavy (non-hydrogen) atoms. The third kappa shape index (κ3) is 6.56. The zero-order chi connectivity index (χ0) is 33.0. The van der Waals surface area contributed by atoms with E-state index in [0.717, 1.165) is 38.9 Å². The minimum Gasteiger partial charge on any atom is -0.208 e. The lowest BCUT2D eigenvalue weighted by Gasteiger charge is -2.13. The van der Waals surface area contributed by atoms with Crippen LogP contribution in [0.25, 0.3) is 78.7 Å². The van der Waals surface area contributed by atoms with Crippen LogP contribution in [0, 0.1) is 6.92 Å². The molecule has 0 amide bonds. The van der Waals surface area contributed by atoms with Crippen LogP contribution in [0.1, 0.15) is 5.56 Å². The van der Waals surface area contributed by atoms with E-state index in [2.05, 4.69) is 128 Å². The van der Waals surface area contributed by atoms with Gasteiger partial charge >= 0.3 is 0 Å². The molecule has 1 heterocycles. The molecule has 0 unspecified atom stereocenters. The molecule has 0 saturated carbocycles. The van der Waals surface area contributed by atoms with Crippen molar-refractivity contribution in [3.8, 4) is 78.7 Å². The first-order valence-electron chi connectivity index (χ1n) is 16.5. The van der Waals surface area contributed by atoms with Crippen LogP contribution in [0.2, 0.25) is 0 Å². The molecule has 232 valence electrons. The maximum atomic E-state index is 5.07. The van der Waals surface area contributed by atoms with Gasteiger partial charge in [-0.3, -0.25) is 0 Å². The fourth-order valence-electron chi connectivity index (χ4n) is 6.14. The maximum Gasteiger partial charge on any atom is 0.164 e. The van der Waals surface area contributed by atoms with Crippen molar-refractivity contribution in [2.45, 2.75) is 6.92 Å². The predicted molar refractivity (Wildman–Crippen MR) is 203 cm³/mol. The molecule has 3 nitrogen and oxygen atoms in total. The summed E-state index contributed by atoms with van der Waals surface area (Å²) < 4.78 is 0. The molecule has 0 N–H and O–H groups in total. The Hall–Kier alpha value is -6.45. The molecule has 0 aliphatic heterocycles. The average Bonchev–Trinajstić information content (AvgIpc) is 3.19. The summed E-state index contributed by atoms with van der Waals surface area (Å²) in [5.41, 5.74) is 13.3. The third-order valence-corrected chi connectivity index (χ3v) is 8.80. The van der Waals surface area contributed by atoms with E-state index >= 15 is 0 Å². The highest BCUT2D eigenvalue weighted by Crippen LogP contribution is 2.35. The zero-order valence-electron chi connectivity index (χ0n) is 27.2. The van der Waals surface area contributed by atoms with E-state index in [-0.39, 0.29) is 0 Å². The van der Waals surface area contributed by atoms with Gasteiger partial charge in [0.05, 0.1) is 0 Å². The predicted octanol–water partition coefficient (Wildman–Crippen LogP) is 11.8. The molecule has 8 aromatic rings. The minimum absolute atomic E-state index is 0.631. The van der Waals surface area contributed by atoms with E-state index in [9.17, 15) is 0 Å². The monoisotopic (exact) mass is 627 g/mol. The summed E-state index contributed by atoms with van der Waals surface area (Å²) in [6.45, 7) is 2.12. The first kappa shape index (κ1) is 29.9. The molecule has 0 saturated heterocycles. The highest BCUT2D eigenvalue weighted by Gasteiger charge is 2.15. The van der Waals surface area contributed by atoms with Crippen molar-refractivity contribution >= 4 is 0 Å². The Kier molecular flexibility index (Phi) is 8.15.